The first-order valence-electron chi connectivity index (χ1n) is 6.96. The summed E-state index contributed by atoms with van der Waals surface area (Å²) in [6.07, 6.45) is 3.28. The molecule has 0 fully saturated rings. The molecule has 0 atom stereocenters. The van der Waals surface area contributed by atoms with E-state index in [1.54, 1.807) is 36.1 Å². The molecule has 3 aromatic rings. The SMILES string of the molecule is O=C(NO)c1ccc(Nc2ncccn2)cc1-c1ccccc1. The Balaban J connectivity index is 2.03. The highest BCUT2D eigenvalue weighted by molar-refractivity contribution is 6.01. The first-order chi connectivity index (χ1) is 11.3. The monoisotopic (exact) mass is 306 g/mol. The average molecular weight is 306 g/mol. The summed E-state index contributed by atoms with van der Waals surface area (Å²) >= 11 is 0. The fourth-order valence-electron chi connectivity index (χ4n) is 2.23. The molecule has 23 heavy (non-hydrogen) atoms. The Hall–Kier alpha value is -3.25. The van der Waals surface area contributed by atoms with Gasteiger partial charge in [0, 0.05) is 23.6 Å². The van der Waals surface area contributed by atoms with E-state index in [0.717, 1.165) is 11.3 Å². The van der Waals surface area contributed by atoms with Gasteiger partial charge in [-0.05, 0) is 35.4 Å². The van der Waals surface area contributed by atoms with Crippen molar-refractivity contribution in [1.82, 2.24) is 15.4 Å². The third-order valence-corrected chi connectivity index (χ3v) is 3.27. The molecule has 6 heteroatoms. The number of nitrogens with one attached hydrogen (secondary N) is 2. The summed E-state index contributed by atoms with van der Waals surface area (Å²) in [7, 11) is 0. The molecule has 2 aromatic carbocycles. The van der Waals surface area contributed by atoms with Crippen LogP contribution in [0.2, 0.25) is 0 Å². The molecular formula is C17H14N4O2. The standard InChI is InChI=1S/C17H14N4O2/c22-16(21-23)14-8-7-13(20-17-18-9-4-10-19-17)11-15(14)12-5-2-1-3-6-12/h1-11,23H,(H,21,22)(H,18,19,20). The van der Waals surface area contributed by atoms with Crippen LogP contribution in [0.3, 0.4) is 0 Å². The van der Waals surface area contributed by atoms with Gasteiger partial charge in [-0.1, -0.05) is 30.3 Å². The van der Waals surface area contributed by atoms with Crippen molar-refractivity contribution in [1.29, 1.82) is 0 Å². The molecule has 0 aliphatic rings. The summed E-state index contributed by atoms with van der Waals surface area (Å²) in [4.78, 5) is 20.1. The van der Waals surface area contributed by atoms with Gasteiger partial charge in [0.05, 0.1) is 0 Å². The molecule has 0 saturated carbocycles. The fraction of sp³-hybridized carbons (Fsp3) is 0. The van der Waals surface area contributed by atoms with E-state index in [1.807, 2.05) is 36.4 Å². The van der Waals surface area contributed by atoms with E-state index < -0.39 is 5.91 Å². The second-order valence-corrected chi connectivity index (χ2v) is 4.76. The van der Waals surface area contributed by atoms with Crippen LogP contribution in [0.4, 0.5) is 11.6 Å². The third kappa shape index (κ3) is 3.33. The van der Waals surface area contributed by atoms with Crippen LogP contribution >= 0.6 is 0 Å². The predicted molar refractivity (Wildman–Crippen MR) is 86.4 cm³/mol. The Labute approximate surface area is 132 Å². The lowest BCUT2D eigenvalue weighted by Crippen LogP contribution is -2.19. The average Bonchev–Trinajstić information content (AvgIpc) is 2.62. The number of hydroxylamine groups is 1. The molecular weight excluding hydrogens is 292 g/mol. The van der Waals surface area contributed by atoms with Gasteiger partial charge in [0.2, 0.25) is 5.95 Å². The van der Waals surface area contributed by atoms with Gasteiger partial charge >= 0.3 is 0 Å². The highest BCUT2D eigenvalue weighted by Gasteiger charge is 2.13. The normalized spacial score (nSPS) is 10.1. The smallest absolute Gasteiger partial charge is 0.275 e. The third-order valence-electron chi connectivity index (χ3n) is 3.27. The maximum Gasteiger partial charge on any atom is 0.275 e. The zero-order chi connectivity index (χ0) is 16.1. The summed E-state index contributed by atoms with van der Waals surface area (Å²) in [5, 5.41) is 12.0. The van der Waals surface area contributed by atoms with Gasteiger partial charge < -0.3 is 5.32 Å². The summed E-state index contributed by atoms with van der Waals surface area (Å²) in [6, 6.07) is 16.4. The lowest BCUT2D eigenvalue weighted by atomic mass is 9.98. The quantitative estimate of drug-likeness (QED) is 0.509. The number of carbonyl (C=O) groups excluding carboxylic acids is 1. The fourth-order valence-corrected chi connectivity index (χ4v) is 2.23. The Kier molecular flexibility index (Phi) is 4.26. The van der Waals surface area contributed by atoms with E-state index in [0.29, 0.717) is 17.1 Å². The molecule has 0 aliphatic carbocycles. The number of rotatable bonds is 4. The van der Waals surface area contributed by atoms with Gasteiger partial charge in [-0.3, -0.25) is 10.0 Å². The van der Waals surface area contributed by atoms with Crippen LogP contribution in [0.5, 0.6) is 0 Å². The highest BCUT2D eigenvalue weighted by Crippen LogP contribution is 2.28. The minimum atomic E-state index is -0.564. The number of amides is 1. The predicted octanol–water partition coefficient (Wildman–Crippen LogP) is 3.01. The number of benzene rings is 2. The number of anilines is 2. The largest absolute Gasteiger partial charge is 0.324 e. The molecule has 0 bridgehead atoms. The molecule has 0 saturated heterocycles. The Bertz CT molecular complexity index is 807. The van der Waals surface area contributed by atoms with Gasteiger partial charge in [0.25, 0.3) is 5.91 Å². The minimum absolute atomic E-state index is 0.373. The number of hydrogen-bond acceptors (Lipinski definition) is 5. The zero-order valence-corrected chi connectivity index (χ0v) is 12.1. The van der Waals surface area contributed by atoms with Crippen molar-refractivity contribution in [2.45, 2.75) is 0 Å². The summed E-state index contributed by atoms with van der Waals surface area (Å²) in [5.41, 5.74) is 4.35. The first-order valence-corrected chi connectivity index (χ1v) is 6.96. The molecule has 1 aromatic heterocycles. The number of carbonyl (C=O) groups is 1. The van der Waals surface area contributed by atoms with Crippen LogP contribution in [0.25, 0.3) is 11.1 Å². The Morgan fingerprint density at radius 1 is 0.957 bits per heavy atom. The lowest BCUT2D eigenvalue weighted by molar-refractivity contribution is 0.0707. The second kappa shape index (κ2) is 6.67. The van der Waals surface area contributed by atoms with Crippen molar-refractivity contribution < 1.29 is 10.0 Å². The van der Waals surface area contributed by atoms with Crippen molar-refractivity contribution in [3.05, 3.63) is 72.6 Å². The van der Waals surface area contributed by atoms with Crippen LogP contribution in [0, 0.1) is 0 Å². The number of aromatic nitrogens is 2. The summed E-state index contributed by atoms with van der Waals surface area (Å²) in [6.45, 7) is 0. The number of hydrogen-bond donors (Lipinski definition) is 3. The molecule has 3 rings (SSSR count). The first kappa shape index (κ1) is 14.7. The van der Waals surface area contributed by atoms with Crippen LogP contribution in [-0.2, 0) is 0 Å². The van der Waals surface area contributed by atoms with Crippen molar-refractivity contribution >= 4 is 17.5 Å². The molecule has 0 radical (unpaired) electrons. The molecule has 1 heterocycles. The van der Waals surface area contributed by atoms with Crippen molar-refractivity contribution in [3.8, 4) is 11.1 Å². The molecule has 1 amide bonds. The maximum absolute atomic E-state index is 11.9. The van der Waals surface area contributed by atoms with E-state index in [9.17, 15) is 4.79 Å². The summed E-state index contributed by atoms with van der Waals surface area (Å²) in [5.74, 6) is -0.0998. The lowest BCUT2D eigenvalue weighted by Gasteiger charge is -2.11. The second-order valence-electron chi connectivity index (χ2n) is 4.76. The van der Waals surface area contributed by atoms with E-state index >= 15 is 0 Å². The van der Waals surface area contributed by atoms with Crippen LogP contribution in [-0.4, -0.2) is 21.1 Å². The zero-order valence-electron chi connectivity index (χ0n) is 12.1. The van der Waals surface area contributed by atoms with Gasteiger partial charge in [0.15, 0.2) is 0 Å². The molecule has 114 valence electrons. The van der Waals surface area contributed by atoms with E-state index in [-0.39, 0.29) is 0 Å². The van der Waals surface area contributed by atoms with Gasteiger partial charge in [-0.2, -0.15) is 0 Å². The maximum atomic E-state index is 11.9. The highest BCUT2D eigenvalue weighted by atomic mass is 16.5. The molecule has 3 N–H and O–H groups in total. The molecule has 6 nitrogen and oxygen atoms in total. The van der Waals surface area contributed by atoms with Gasteiger partial charge in [-0.25, -0.2) is 15.4 Å². The van der Waals surface area contributed by atoms with E-state index in [2.05, 4.69) is 15.3 Å². The van der Waals surface area contributed by atoms with Gasteiger partial charge in [0.1, 0.15) is 0 Å². The van der Waals surface area contributed by atoms with Crippen LogP contribution in [0.15, 0.2) is 67.0 Å². The molecule has 0 aliphatic heterocycles. The molecule has 0 spiro atoms. The Morgan fingerprint density at radius 3 is 2.39 bits per heavy atom. The Morgan fingerprint density at radius 2 is 1.70 bits per heavy atom. The van der Waals surface area contributed by atoms with Crippen molar-refractivity contribution in [2.75, 3.05) is 5.32 Å². The van der Waals surface area contributed by atoms with Crippen molar-refractivity contribution in [3.63, 3.8) is 0 Å². The topological polar surface area (TPSA) is 87.1 Å². The van der Waals surface area contributed by atoms with Crippen LogP contribution in [0.1, 0.15) is 10.4 Å². The molecule has 0 unspecified atom stereocenters. The van der Waals surface area contributed by atoms with Crippen molar-refractivity contribution in [2.24, 2.45) is 0 Å². The van der Waals surface area contributed by atoms with Gasteiger partial charge in [-0.15, -0.1) is 0 Å². The summed E-state index contributed by atoms with van der Waals surface area (Å²) < 4.78 is 0. The van der Waals surface area contributed by atoms with E-state index in [4.69, 9.17) is 5.21 Å². The number of nitrogens with zero attached hydrogens (tertiary/aromatic N) is 2. The minimum Gasteiger partial charge on any atom is -0.324 e. The van der Waals surface area contributed by atoms with E-state index in [1.165, 1.54) is 0 Å². The van der Waals surface area contributed by atoms with Crippen LogP contribution < -0.4 is 10.8 Å².